The largest absolute Gasteiger partial charge is 0.488 e. The maximum absolute atomic E-state index is 12.0. The Labute approximate surface area is 103 Å². The zero-order chi connectivity index (χ0) is 12.7. The molecule has 0 fully saturated rings. The lowest BCUT2D eigenvalue weighted by Crippen LogP contribution is -2.20. The van der Waals surface area contributed by atoms with Gasteiger partial charge < -0.3 is 14.8 Å². The van der Waals surface area contributed by atoms with Crippen molar-refractivity contribution in [3.8, 4) is 5.75 Å². The molecule has 1 aliphatic heterocycles. The van der Waals surface area contributed by atoms with Crippen molar-refractivity contribution in [2.45, 2.75) is 26.4 Å². The fourth-order valence-corrected chi connectivity index (χ4v) is 2.41. The number of aryl methyl sites for hydroxylation is 2. The van der Waals surface area contributed by atoms with E-state index in [-0.39, 0.29) is 12.2 Å². The van der Waals surface area contributed by atoms with E-state index < -0.39 is 0 Å². The lowest BCUT2D eigenvalue weighted by Gasteiger charge is -2.18. The molecule has 3 heterocycles. The fourth-order valence-electron chi connectivity index (χ4n) is 2.41. The van der Waals surface area contributed by atoms with Gasteiger partial charge in [-0.3, -0.25) is 9.78 Å². The summed E-state index contributed by atoms with van der Waals surface area (Å²) in [6, 6.07) is 0. The number of pyridine rings is 2. The molecule has 0 spiro atoms. The minimum atomic E-state index is -0.211. The van der Waals surface area contributed by atoms with E-state index in [1.807, 2.05) is 6.92 Å². The summed E-state index contributed by atoms with van der Waals surface area (Å²) in [4.78, 5) is 19.1. The van der Waals surface area contributed by atoms with E-state index in [0.29, 0.717) is 17.9 Å². The van der Waals surface area contributed by atoms with Gasteiger partial charge in [0.25, 0.3) is 5.56 Å². The summed E-state index contributed by atoms with van der Waals surface area (Å²) in [6.07, 6.45) is 3.36. The number of nitrogens with zero attached hydrogens (tertiary/aromatic N) is 1. The minimum Gasteiger partial charge on any atom is -0.488 e. The minimum absolute atomic E-state index is 0.0790. The molecule has 5 nitrogen and oxygen atoms in total. The Morgan fingerprint density at radius 1 is 1.56 bits per heavy atom. The zero-order valence-electron chi connectivity index (χ0n) is 10.1. The van der Waals surface area contributed by atoms with Crippen molar-refractivity contribution in [2.24, 2.45) is 0 Å². The molecule has 94 valence electrons. The van der Waals surface area contributed by atoms with Gasteiger partial charge >= 0.3 is 0 Å². The quantitative estimate of drug-likeness (QED) is 0.788. The van der Waals surface area contributed by atoms with Crippen LogP contribution in [0.4, 0.5) is 0 Å². The van der Waals surface area contributed by atoms with Gasteiger partial charge in [0.15, 0.2) is 5.75 Å². The number of rotatable bonds is 1. The first kappa shape index (κ1) is 11.2. The highest BCUT2D eigenvalue weighted by Crippen LogP contribution is 2.28. The van der Waals surface area contributed by atoms with Crippen LogP contribution in [0.1, 0.15) is 23.1 Å². The average molecular weight is 246 g/mol. The van der Waals surface area contributed by atoms with Gasteiger partial charge in [-0.25, -0.2) is 0 Å². The molecule has 0 amide bonds. The van der Waals surface area contributed by atoms with Gasteiger partial charge in [-0.15, -0.1) is 0 Å². The average Bonchev–Trinajstić information content (AvgIpc) is 2.41. The standard InChI is InChI=1S/C13H14N2O3/c1-7-8(6-16)5-14-11-9-3-2-4-18-12(9)13(17)15-10(7)11/h5,16H,2-4,6H2,1H3,(H,15,17). The summed E-state index contributed by atoms with van der Waals surface area (Å²) < 4.78 is 5.43. The van der Waals surface area contributed by atoms with E-state index >= 15 is 0 Å². The number of nitrogens with one attached hydrogen (secondary N) is 1. The number of aromatic amines is 1. The molecule has 3 rings (SSSR count). The summed E-state index contributed by atoms with van der Waals surface area (Å²) >= 11 is 0. The molecule has 18 heavy (non-hydrogen) atoms. The first-order chi connectivity index (χ1) is 8.72. The predicted octanol–water partition coefficient (Wildman–Crippen LogP) is 1.05. The van der Waals surface area contributed by atoms with Crippen molar-refractivity contribution >= 4 is 11.0 Å². The van der Waals surface area contributed by atoms with E-state index in [4.69, 9.17) is 4.74 Å². The van der Waals surface area contributed by atoms with Gasteiger partial charge in [0, 0.05) is 17.3 Å². The third-order valence-electron chi connectivity index (χ3n) is 3.44. The lowest BCUT2D eigenvalue weighted by atomic mass is 10.0. The van der Waals surface area contributed by atoms with Gasteiger partial charge in [-0.05, 0) is 25.3 Å². The maximum atomic E-state index is 12.0. The summed E-state index contributed by atoms with van der Waals surface area (Å²) in [5.74, 6) is 0.400. The Balaban J connectivity index is 2.40. The third-order valence-corrected chi connectivity index (χ3v) is 3.44. The van der Waals surface area contributed by atoms with Gasteiger partial charge in [-0.1, -0.05) is 0 Å². The van der Waals surface area contributed by atoms with Gasteiger partial charge in [0.05, 0.1) is 24.2 Å². The predicted molar refractivity (Wildman–Crippen MR) is 66.8 cm³/mol. The Morgan fingerprint density at radius 3 is 3.17 bits per heavy atom. The van der Waals surface area contributed by atoms with E-state index in [2.05, 4.69) is 9.97 Å². The molecule has 5 heteroatoms. The molecule has 0 aromatic carbocycles. The number of aromatic nitrogens is 2. The van der Waals surface area contributed by atoms with E-state index in [1.165, 1.54) is 0 Å². The van der Waals surface area contributed by atoms with Crippen LogP contribution in [0.2, 0.25) is 0 Å². The van der Waals surface area contributed by atoms with E-state index in [1.54, 1.807) is 6.20 Å². The van der Waals surface area contributed by atoms with Crippen LogP contribution in [0.5, 0.6) is 5.75 Å². The SMILES string of the molecule is Cc1c(CO)cnc2c3c(c(=O)[nH]c12)OCCC3. The van der Waals surface area contributed by atoms with Crippen molar-refractivity contribution in [3.05, 3.63) is 33.2 Å². The number of ether oxygens (including phenoxy) is 1. The summed E-state index contributed by atoms with van der Waals surface area (Å²) in [6.45, 7) is 2.38. The molecule has 0 saturated carbocycles. The van der Waals surface area contributed by atoms with Crippen molar-refractivity contribution in [1.29, 1.82) is 0 Å². The van der Waals surface area contributed by atoms with E-state index in [9.17, 15) is 9.90 Å². The smallest absolute Gasteiger partial charge is 0.291 e. The summed E-state index contributed by atoms with van der Waals surface area (Å²) in [5.41, 5.74) is 3.75. The Bertz CT molecular complexity index is 676. The fraction of sp³-hybridized carbons (Fsp3) is 0.385. The molecule has 0 radical (unpaired) electrons. The zero-order valence-corrected chi connectivity index (χ0v) is 10.1. The second-order valence-electron chi connectivity index (χ2n) is 4.50. The molecule has 0 bridgehead atoms. The highest BCUT2D eigenvalue weighted by Gasteiger charge is 2.20. The molecule has 2 N–H and O–H groups in total. The first-order valence-corrected chi connectivity index (χ1v) is 5.99. The number of hydrogen-bond donors (Lipinski definition) is 2. The monoisotopic (exact) mass is 246 g/mol. The summed E-state index contributed by atoms with van der Waals surface area (Å²) in [5, 5.41) is 9.23. The third kappa shape index (κ3) is 1.51. The van der Waals surface area contributed by atoms with Crippen LogP contribution in [0.3, 0.4) is 0 Å². The van der Waals surface area contributed by atoms with E-state index in [0.717, 1.165) is 35.0 Å². The van der Waals surface area contributed by atoms with Crippen LogP contribution < -0.4 is 10.3 Å². The van der Waals surface area contributed by atoms with Gasteiger partial charge in [0.1, 0.15) is 0 Å². The Morgan fingerprint density at radius 2 is 2.39 bits per heavy atom. The van der Waals surface area contributed by atoms with Crippen molar-refractivity contribution < 1.29 is 9.84 Å². The number of H-pyrrole nitrogens is 1. The second kappa shape index (κ2) is 4.10. The van der Waals surface area contributed by atoms with Crippen LogP contribution >= 0.6 is 0 Å². The van der Waals surface area contributed by atoms with Gasteiger partial charge in [0.2, 0.25) is 0 Å². The lowest BCUT2D eigenvalue weighted by molar-refractivity contribution is 0.280. The second-order valence-corrected chi connectivity index (χ2v) is 4.50. The molecular weight excluding hydrogens is 232 g/mol. The Hall–Kier alpha value is -1.88. The maximum Gasteiger partial charge on any atom is 0.291 e. The van der Waals surface area contributed by atoms with Crippen LogP contribution in [0, 0.1) is 6.92 Å². The first-order valence-electron chi connectivity index (χ1n) is 5.99. The molecule has 0 aliphatic carbocycles. The van der Waals surface area contributed by atoms with Crippen LogP contribution in [-0.2, 0) is 13.0 Å². The molecule has 0 atom stereocenters. The molecule has 2 aromatic rings. The van der Waals surface area contributed by atoms with Crippen molar-refractivity contribution in [2.75, 3.05) is 6.61 Å². The molecular formula is C13H14N2O3. The number of aliphatic hydroxyl groups is 1. The molecule has 2 aromatic heterocycles. The van der Waals surface area contributed by atoms with Crippen LogP contribution in [0.25, 0.3) is 11.0 Å². The molecule has 0 unspecified atom stereocenters. The highest BCUT2D eigenvalue weighted by molar-refractivity contribution is 5.83. The van der Waals surface area contributed by atoms with Crippen LogP contribution in [0.15, 0.2) is 11.0 Å². The normalized spacial score (nSPS) is 14.3. The molecule has 1 aliphatic rings. The number of hydrogen-bond acceptors (Lipinski definition) is 4. The molecule has 0 saturated heterocycles. The Kier molecular flexibility index (Phi) is 2.56. The van der Waals surface area contributed by atoms with Crippen molar-refractivity contribution in [1.82, 2.24) is 9.97 Å². The number of fused-ring (bicyclic) bond motifs is 3. The van der Waals surface area contributed by atoms with Crippen molar-refractivity contribution in [3.63, 3.8) is 0 Å². The summed E-state index contributed by atoms with van der Waals surface area (Å²) in [7, 11) is 0. The topological polar surface area (TPSA) is 75.2 Å². The van der Waals surface area contributed by atoms with Gasteiger partial charge in [-0.2, -0.15) is 0 Å². The highest BCUT2D eigenvalue weighted by atomic mass is 16.5. The van der Waals surface area contributed by atoms with Crippen LogP contribution in [-0.4, -0.2) is 21.7 Å². The number of aliphatic hydroxyl groups excluding tert-OH is 1.